The van der Waals surface area contributed by atoms with Crippen LogP contribution in [0.2, 0.25) is 0 Å². The van der Waals surface area contributed by atoms with Crippen molar-refractivity contribution in [3.63, 3.8) is 0 Å². The topological polar surface area (TPSA) is 101 Å². The summed E-state index contributed by atoms with van der Waals surface area (Å²) in [5.41, 5.74) is 1.72. The summed E-state index contributed by atoms with van der Waals surface area (Å²) >= 11 is 0. The summed E-state index contributed by atoms with van der Waals surface area (Å²) in [5.74, 6) is 1.06. The van der Waals surface area contributed by atoms with Crippen molar-refractivity contribution in [2.75, 3.05) is 13.2 Å². The third kappa shape index (κ3) is 6.50. The first-order chi connectivity index (χ1) is 18.9. The number of esters is 1. The van der Waals surface area contributed by atoms with Gasteiger partial charge in [0.1, 0.15) is 24.6 Å². The molecule has 5 aliphatic rings. The molecule has 4 saturated carbocycles. The van der Waals surface area contributed by atoms with Crippen LogP contribution in [0.25, 0.3) is 5.57 Å². The maximum absolute atomic E-state index is 11.9. The number of carboxylic acids is 1. The smallest absolute Gasteiger partial charge is 0.306 e. The molecular weight excluding hydrogens is 500 g/mol. The molecule has 1 spiro atoms. The van der Waals surface area contributed by atoms with E-state index in [1.54, 1.807) is 0 Å². The number of benzene rings is 1. The molecule has 1 heterocycles. The SMILES string of the molecule is C=C(c1ccc(OC(CCCCC)COC(=O)CCC(=O)O)cc1)C1COC2(OO1)C1CC3CC(C1)CC2C3. The van der Waals surface area contributed by atoms with Gasteiger partial charge in [-0.3, -0.25) is 9.59 Å². The molecule has 8 nitrogen and oxygen atoms in total. The summed E-state index contributed by atoms with van der Waals surface area (Å²) in [4.78, 5) is 34.7. The molecule has 4 aliphatic carbocycles. The first kappa shape index (κ1) is 28.1. The summed E-state index contributed by atoms with van der Waals surface area (Å²) in [5, 5.41) is 8.76. The Labute approximate surface area is 230 Å². The second-order valence-corrected chi connectivity index (χ2v) is 11.9. The highest BCUT2D eigenvalue weighted by Gasteiger charge is 2.61. The number of hydrogen-bond donors (Lipinski definition) is 1. The Kier molecular flexibility index (Phi) is 8.94. The zero-order valence-electron chi connectivity index (χ0n) is 23.0. The molecule has 2 atom stereocenters. The quantitative estimate of drug-likeness (QED) is 0.186. The minimum absolute atomic E-state index is 0.0897. The van der Waals surface area contributed by atoms with Crippen LogP contribution in [0.15, 0.2) is 30.8 Å². The van der Waals surface area contributed by atoms with Crippen molar-refractivity contribution in [1.29, 1.82) is 0 Å². The minimum Gasteiger partial charge on any atom is -0.487 e. The van der Waals surface area contributed by atoms with Crippen LogP contribution < -0.4 is 4.74 Å². The van der Waals surface area contributed by atoms with Crippen molar-refractivity contribution in [2.45, 2.75) is 95.5 Å². The number of carbonyl (C=O) groups excluding carboxylic acids is 1. The van der Waals surface area contributed by atoms with Gasteiger partial charge in [-0.1, -0.05) is 38.5 Å². The van der Waals surface area contributed by atoms with Crippen molar-refractivity contribution in [1.82, 2.24) is 0 Å². The third-order valence-corrected chi connectivity index (χ3v) is 9.05. The zero-order chi connectivity index (χ0) is 27.4. The molecule has 6 rings (SSSR count). The minimum atomic E-state index is -1.02. The molecule has 0 radical (unpaired) electrons. The van der Waals surface area contributed by atoms with E-state index in [1.165, 1.54) is 32.1 Å². The zero-order valence-corrected chi connectivity index (χ0v) is 23.0. The van der Waals surface area contributed by atoms with Crippen LogP contribution in [0.1, 0.15) is 83.1 Å². The maximum Gasteiger partial charge on any atom is 0.306 e. The summed E-state index contributed by atoms with van der Waals surface area (Å²) in [7, 11) is 0. The lowest BCUT2D eigenvalue weighted by Crippen LogP contribution is -2.63. The molecule has 214 valence electrons. The third-order valence-electron chi connectivity index (χ3n) is 9.05. The number of carboxylic acid groups (broad SMARTS) is 1. The highest BCUT2D eigenvalue weighted by atomic mass is 17.2. The van der Waals surface area contributed by atoms with E-state index in [0.29, 0.717) is 24.2 Å². The standard InChI is InChI=1S/C31H42O8/c1-3-4-5-6-27(18-35-30(34)12-11-29(32)33)37-26-9-7-23(8-10-26)20(2)28-19-36-31(39-38-28)24-14-21-13-22(16-24)17-25(31)15-21/h7-10,21-22,24-25,27-28H,2-6,11-19H2,1H3,(H,32,33). The lowest BCUT2D eigenvalue weighted by atomic mass is 9.53. The average molecular weight is 543 g/mol. The van der Waals surface area contributed by atoms with Gasteiger partial charge < -0.3 is 19.3 Å². The number of aliphatic carboxylic acids is 1. The van der Waals surface area contributed by atoms with Crippen molar-refractivity contribution in [2.24, 2.45) is 23.7 Å². The van der Waals surface area contributed by atoms with Gasteiger partial charge in [-0.15, -0.1) is 0 Å². The predicted molar refractivity (Wildman–Crippen MR) is 144 cm³/mol. The van der Waals surface area contributed by atoms with E-state index in [0.717, 1.165) is 48.7 Å². The van der Waals surface area contributed by atoms with E-state index in [1.807, 2.05) is 24.3 Å². The number of unbranched alkanes of at least 4 members (excludes halogenated alkanes) is 2. The van der Waals surface area contributed by atoms with E-state index in [-0.39, 0.29) is 31.7 Å². The Hall–Kier alpha value is -2.42. The molecule has 8 heteroatoms. The molecule has 1 aromatic carbocycles. The van der Waals surface area contributed by atoms with Crippen LogP contribution in [-0.4, -0.2) is 48.3 Å². The second kappa shape index (κ2) is 12.4. The Morgan fingerprint density at radius 3 is 2.33 bits per heavy atom. The molecule has 0 amide bonds. The first-order valence-electron chi connectivity index (χ1n) is 14.7. The Balaban J connectivity index is 1.13. The number of ether oxygens (including phenoxy) is 3. The molecule has 1 aliphatic heterocycles. The second-order valence-electron chi connectivity index (χ2n) is 11.9. The lowest BCUT2D eigenvalue weighted by Gasteiger charge is -2.60. The molecule has 0 aromatic heterocycles. The molecule has 2 unspecified atom stereocenters. The molecule has 4 bridgehead atoms. The Morgan fingerprint density at radius 2 is 1.74 bits per heavy atom. The van der Waals surface area contributed by atoms with Crippen LogP contribution in [0.3, 0.4) is 0 Å². The van der Waals surface area contributed by atoms with Gasteiger partial charge in [0.15, 0.2) is 0 Å². The normalized spacial score (nSPS) is 31.7. The summed E-state index contributed by atoms with van der Waals surface area (Å²) in [6.07, 6.45) is 8.87. The summed E-state index contributed by atoms with van der Waals surface area (Å²) in [6, 6.07) is 7.64. The number of hydrogen-bond acceptors (Lipinski definition) is 7. The molecular formula is C31H42O8. The highest BCUT2D eigenvalue weighted by molar-refractivity contribution is 5.76. The van der Waals surface area contributed by atoms with Gasteiger partial charge >= 0.3 is 11.9 Å². The van der Waals surface area contributed by atoms with Crippen LogP contribution in [-0.2, 0) is 28.8 Å². The molecule has 1 saturated heterocycles. The van der Waals surface area contributed by atoms with Crippen molar-refractivity contribution in [3.8, 4) is 5.75 Å². The van der Waals surface area contributed by atoms with Gasteiger partial charge in [-0.2, -0.15) is 4.89 Å². The predicted octanol–water partition coefficient (Wildman–Crippen LogP) is 5.93. The Morgan fingerprint density at radius 1 is 1.05 bits per heavy atom. The van der Waals surface area contributed by atoms with Gasteiger partial charge in [0.05, 0.1) is 19.4 Å². The van der Waals surface area contributed by atoms with Gasteiger partial charge in [-0.05, 0) is 80.1 Å². The fraction of sp³-hybridized carbons (Fsp3) is 0.677. The summed E-state index contributed by atoms with van der Waals surface area (Å²) < 4.78 is 17.9. The molecule has 1 N–H and O–H groups in total. The van der Waals surface area contributed by atoms with E-state index >= 15 is 0 Å². The van der Waals surface area contributed by atoms with Crippen molar-refractivity contribution < 1.29 is 38.7 Å². The van der Waals surface area contributed by atoms with Crippen molar-refractivity contribution in [3.05, 3.63) is 36.4 Å². The molecule has 39 heavy (non-hydrogen) atoms. The van der Waals surface area contributed by atoms with Crippen LogP contribution in [0.4, 0.5) is 0 Å². The van der Waals surface area contributed by atoms with Crippen LogP contribution in [0.5, 0.6) is 5.75 Å². The van der Waals surface area contributed by atoms with E-state index in [9.17, 15) is 9.59 Å². The highest BCUT2D eigenvalue weighted by Crippen LogP contribution is 2.60. The van der Waals surface area contributed by atoms with Crippen LogP contribution in [0, 0.1) is 23.7 Å². The molecule has 5 fully saturated rings. The van der Waals surface area contributed by atoms with Gasteiger partial charge in [-0.25, -0.2) is 4.89 Å². The van der Waals surface area contributed by atoms with Crippen molar-refractivity contribution >= 4 is 17.5 Å². The van der Waals surface area contributed by atoms with Crippen LogP contribution >= 0.6 is 0 Å². The Bertz CT molecular complexity index is 980. The largest absolute Gasteiger partial charge is 0.487 e. The monoisotopic (exact) mass is 542 g/mol. The number of rotatable bonds is 13. The lowest BCUT2D eigenvalue weighted by molar-refractivity contribution is -0.517. The average Bonchev–Trinajstić information content (AvgIpc) is 2.93. The van der Waals surface area contributed by atoms with E-state index < -0.39 is 17.7 Å². The fourth-order valence-corrected chi connectivity index (χ4v) is 7.15. The summed E-state index contributed by atoms with van der Waals surface area (Å²) in [6.45, 7) is 6.92. The van der Waals surface area contributed by atoms with Gasteiger partial charge in [0.25, 0.3) is 0 Å². The fourth-order valence-electron chi connectivity index (χ4n) is 7.15. The first-order valence-corrected chi connectivity index (χ1v) is 14.7. The molecule has 1 aromatic rings. The number of carbonyl (C=O) groups is 2. The van der Waals surface area contributed by atoms with Gasteiger partial charge in [0, 0.05) is 11.8 Å². The maximum atomic E-state index is 11.9. The van der Waals surface area contributed by atoms with E-state index in [2.05, 4.69) is 13.5 Å². The van der Waals surface area contributed by atoms with Gasteiger partial charge in [0.2, 0.25) is 5.79 Å². The van der Waals surface area contributed by atoms with E-state index in [4.69, 9.17) is 29.1 Å².